The average molecular weight is 308 g/mol. The van der Waals surface area contributed by atoms with E-state index in [1.807, 2.05) is 6.92 Å². The smallest absolute Gasteiger partial charge is 0.263 e. The van der Waals surface area contributed by atoms with Crippen molar-refractivity contribution in [3.63, 3.8) is 0 Å². The minimum Gasteiger partial charge on any atom is -0.361 e. The maximum Gasteiger partial charge on any atom is 0.263 e. The Morgan fingerprint density at radius 2 is 2.10 bits per heavy atom. The number of nitrogens with zero attached hydrogens (tertiary/aromatic N) is 3. The zero-order valence-electron chi connectivity index (χ0n) is 12.6. The molecule has 2 heterocycles. The van der Waals surface area contributed by atoms with Gasteiger partial charge in [-0.2, -0.15) is 0 Å². The van der Waals surface area contributed by atoms with Crippen LogP contribution in [0.15, 0.2) is 4.52 Å². The van der Waals surface area contributed by atoms with Crippen molar-refractivity contribution < 1.29 is 9.32 Å². The topological polar surface area (TPSA) is 80.9 Å². The Morgan fingerprint density at radius 1 is 1.29 bits per heavy atom. The molecule has 0 fully saturated rings. The van der Waals surface area contributed by atoms with E-state index in [1.165, 1.54) is 24.2 Å². The average Bonchev–Trinajstić information content (AvgIpc) is 3.05. The summed E-state index contributed by atoms with van der Waals surface area (Å²) in [5.41, 5.74) is 1.16. The zero-order valence-corrected chi connectivity index (χ0v) is 13.4. The molecule has 2 aromatic rings. The van der Waals surface area contributed by atoms with Gasteiger partial charge in [-0.15, -0.1) is 10.2 Å². The minimum atomic E-state index is -0.234. The largest absolute Gasteiger partial charge is 0.361 e. The third-order valence-corrected chi connectivity index (χ3v) is 4.08. The van der Waals surface area contributed by atoms with Gasteiger partial charge in [-0.3, -0.25) is 10.1 Å². The van der Waals surface area contributed by atoms with Gasteiger partial charge in [-0.1, -0.05) is 43.2 Å². The molecular formula is C14H20N4O2S. The van der Waals surface area contributed by atoms with Crippen LogP contribution in [-0.4, -0.2) is 21.3 Å². The van der Waals surface area contributed by atoms with Gasteiger partial charge in [0.25, 0.3) is 5.91 Å². The van der Waals surface area contributed by atoms with Crippen molar-refractivity contribution in [2.24, 2.45) is 0 Å². The van der Waals surface area contributed by atoms with Gasteiger partial charge < -0.3 is 4.52 Å². The fourth-order valence-electron chi connectivity index (χ4n) is 2.04. The molecule has 2 rings (SSSR count). The third-order valence-electron chi connectivity index (χ3n) is 3.18. The second-order valence-corrected chi connectivity index (χ2v) is 5.89. The molecule has 0 bridgehead atoms. The van der Waals surface area contributed by atoms with Crippen molar-refractivity contribution in [3.8, 4) is 0 Å². The molecular weight excluding hydrogens is 288 g/mol. The fourth-order valence-corrected chi connectivity index (χ4v) is 2.82. The molecule has 0 spiro atoms. The van der Waals surface area contributed by atoms with Gasteiger partial charge in [0.2, 0.25) is 5.13 Å². The summed E-state index contributed by atoms with van der Waals surface area (Å²) in [5, 5.41) is 16.3. The standard InChI is InChI=1S/C14H20N4O2S/c1-4-6-7-8-11-16-17-14(21-11)15-13(19)12-9(3)20-18-10(12)5-2/h4-8H2,1-3H3,(H,15,17,19). The summed E-state index contributed by atoms with van der Waals surface area (Å²) < 4.78 is 5.07. The summed E-state index contributed by atoms with van der Waals surface area (Å²) in [6.07, 6.45) is 5.02. The van der Waals surface area contributed by atoms with E-state index in [0.29, 0.717) is 28.6 Å². The molecule has 2 aromatic heterocycles. The number of carbonyl (C=O) groups excluding carboxylic acids is 1. The monoisotopic (exact) mass is 308 g/mol. The van der Waals surface area contributed by atoms with E-state index >= 15 is 0 Å². The van der Waals surface area contributed by atoms with Crippen LogP contribution in [0.2, 0.25) is 0 Å². The van der Waals surface area contributed by atoms with Crippen LogP contribution in [0.5, 0.6) is 0 Å². The summed E-state index contributed by atoms with van der Waals surface area (Å²) in [4.78, 5) is 12.3. The maximum absolute atomic E-state index is 12.3. The molecule has 0 radical (unpaired) electrons. The first-order chi connectivity index (χ1) is 10.2. The fraction of sp³-hybridized carbons (Fsp3) is 0.571. The second-order valence-electron chi connectivity index (χ2n) is 4.83. The second kappa shape index (κ2) is 7.31. The summed E-state index contributed by atoms with van der Waals surface area (Å²) in [6, 6.07) is 0. The molecule has 0 aromatic carbocycles. The predicted molar refractivity (Wildman–Crippen MR) is 81.7 cm³/mol. The van der Waals surface area contributed by atoms with Crippen molar-refractivity contribution in [1.29, 1.82) is 0 Å². The van der Waals surface area contributed by atoms with Gasteiger partial charge >= 0.3 is 0 Å². The lowest BCUT2D eigenvalue weighted by Crippen LogP contribution is -2.14. The predicted octanol–water partition coefficient (Wildman–Crippen LogP) is 3.38. The summed E-state index contributed by atoms with van der Waals surface area (Å²) >= 11 is 1.42. The van der Waals surface area contributed by atoms with E-state index in [1.54, 1.807) is 6.92 Å². The first-order valence-corrected chi connectivity index (χ1v) is 8.06. The Labute approximate surface area is 127 Å². The van der Waals surface area contributed by atoms with Gasteiger partial charge in [0.1, 0.15) is 16.3 Å². The molecule has 0 aliphatic heterocycles. The number of nitrogens with one attached hydrogen (secondary N) is 1. The van der Waals surface area contributed by atoms with E-state index in [9.17, 15) is 4.79 Å². The highest BCUT2D eigenvalue weighted by atomic mass is 32.1. The van der Waals surface area contributed by atoms with Crippen LogP contribution in [0.25, 0.3) is 0 Å². The molecule has 0 aliphatic carbocycles. The first-order valence-electron chi connectivity index (χ1n) is 7.24. The Kier molecular flexibility index (Phi) is 5.44. The molecule has 0 saturated heterocycles. The number of rotatable bonds is 7. The van der Waals surface area contributed by atoms with Crippen molar-refractivity contribution in [1.82, 2.24) is 15.4 Å². The number of hydrogen-bond donors (Lipinski definition) is 1. The third kappa shape index (κ3) is 3.87. The van der Waals surface area contributed by atoms with E-state index in [4.69, 9.17) is 4.52 Å². The zero-order chi connectivity index (χ0) is 15.2. The van der Waals surface area contributed by atoms with Crippen molar-refractivity contribution in [2.75, 3.05) is 5.32 Å². The number of hydrogen-bond acceptors (Lipinski definition) is 6. The van der Waals surface area contributed by atoms with Crippen LogP contribution in [0.4, 0.5) is 5.13 Å². The summed E-state index contributed by atoms with van der Waals surface area (Å²) in [5.74, 6) is 0.291. The van der Waals surface area contributed by atoms with E-state index in [2.05, 4.69) is 27.6 Å². The van der Waals surface area contributed by atoms with Crippen molar-refractivity contribution in [2.45, 2.75) is 52.9 Å². The number of aromatic nitrogens is 3. The minimum absolute atomic E-state index is 0.234. The number of carbonyl (C=O) groups is 1. The SMILES string of the molecule is CCCCCc1nnc(NC(=O)c2c(CC)noc2C)s1. The molecule has 7 heteroatoms. The number of unbranched alkanes of at least 4 members (excludes halogenated alkanes) is 2. The van der Waals surface area contributed by atoms with E-state index in [0.717, 1.165) is 17.8 Å². The van der Waals surface area contributed by atoms with Gasteiger partial charge in [-0.25, -0.2) is 0 Å². The lowest BCUT2D eigenvalue weighted by Gasteiger charge is -2.00. The van der Waals surface area contributed by atoms with Crippen LogP contribution in [0.1, 0.15) is 59.9 Å². The molecule has 0 atom stereocenters. The maximum atomic E-state index is 12.3. The van der Waals surface area contributed by atoms with E-state index < -0.39 is 0 Å². The van der Waals surface area contributed by atoms with Gasteiger partial charge in [0.15, 0.2) is 0 Å². The van der Waals surface area contributed by atoms with Crippen LogP contribution in [0.3, 0.4) is 0 Å². The Hall–Kier alpha value is -1.76. The lowest BCUT2D eigenvalue weighted by molar-refractivity contribution is 0.102. The molecule has 0 aliphatic rings. The highest BCUT2D eigenvalue weighted by molar-refractivity contribution is 7.15. The van der Waals surface area contributed by atoms with Gasteiger partial charge in [-0.05, 0) is 19.8 Å². The molecule has 21 heavy (non-hydrogen) atoms. The first kappa shape index (κ1) is 15.6. The molecule has 1 amide bonds. The molecule has 1 N–H and O–H groups in total. The van der Waals surface area contributed by atoms with Gasteiger partial charge in [0, 0.05) is 6.42 Å². The van der Waals surface area contributed by atoms with Gasteiger partial charge in [0.05, 0.1) is 5.69 Å². The Bertz CT molecular complexity index is 606. The lowest BCUT2D eigenvalue weighted by atomic mass is 10.1. The quantitative estimate of drug-likeness (QED) is 0.793. The normalized spacial score (nSPS) is 10.8. The van der Waals surface area contributed by atoms with Crippen LogP contribution < -0.4 is 5.32 Å². The molecule has 0 saturated carbocycles. The number of anilines is 1. The Morgan fingerprint density at radius 3 is 2.81 bits per heavy atom. The van der Waals surface area contributed by atoms with Crippen LogP contribution >= 0.6 is 11.3 Å². The van der Waals surface area contributed by atoms with Crippen molar-refractivity contribution >= 4 is 22.4 Å². The van der Waals surface area contributed by atoms with Crippen LogP contribution in [-0.2, 0) is 12.8 Å². The highest BCUT2D eigenvalue weighted by Gasteiger charge is 2.20. The molecule has 114 valence electrons. The number of amides is 1. The van der Waals surface area contributed by atoms with E-state index in [-0.39, 0.29) is 5.91 Å². The number of aryl methyl sites for hydroxylation is 3. The molecule has 0 unspecified atom stereocenters. The van der Waals surface area contributed by atoms with Crippen LogP contribution in [0, 0.1) is 6.92 Å². The van der Waals surface area contributed by atoms with Crippen molar-refractivity contribution in [3.05, 3.63) is 22.0 Å². The molecule has 6 nitrogen and oxygen atoms in total. The summed E-state index contributed by atoms with van der Waals surface area (Å²) in [7, 11) is 0. The highest BCUT2D eigenvalue weighted by Crippen LogP contribution is 2.20. The summed E-state index contributed by atoms with van der Waals surface area (Å²) in [6.45, 7) is 5.83. The Balaban J connectivity index is 2.01.